The summed E-state index contributed by atoms with van der Waals surface area (Å²) in [5.41, 5.74) is 3.19. The summed E-state index contributed by atoms with van der Waals surface area (Å²) < 4.78 is 1.93. The van der Waals surface area contributed by atoms with Crippen molar-refractivity contribution in [3.05, 3.63) is 42.0 Å². The number of carbonyl (C=O) groups excluding carboxylic acids is 1. The van der Waals surface area contributed by atoms with E-state index in [4.69, 9.17) is 0 Å². The highest BCUT2D eigenvalue weighted by molar-refractivity contribution is 5.96. The van der Waals surface area contributed by atoms with Gasteiger partial charge in [0, 0.05) is 11.6 Å². The Morgan fingerprint density at radius 2 is 2.20 bits per heavy atom. The van der Waals surface area contributed by atoms with Crippen LogP contribution in [-0.4, -0.2) is 15.5 Å². The summed E-state index contributed by atoms with van der Waals surface area (Å²) in [6.07, 6.45) is 10.6. The van der Waals surface area contributed by atoms with Crippen LogP contribution in [0.2, 0.25) is 0 Å². The number of amides is 1. The van der Waals surface area contributed by atoms with E-state index < -0.39 is 0 Å². The predicted octanol–water partition coefficient (Wildman–Crippen LogP) is 3.69. The van der Waals surface area contributed by atoms with Crippen molar-refractivity contribution in [1.29, 1.82) is 5.26 Å². The lowest BCUT2D eigenvalue weighted by Crippen LogP contribution is -2.28. The SMILES string of the molecule is N#Cc1ccc2nc(NC(=O)[C@@H]3C[C@@H]4CC[C@H]3C4)n(C3=CC=C3)c2c1. The van der Waals surface area contributed by atoms with Crippen LogP contribution in [0.5, 0.6) is 0 Å². The summed E-state index contributed by atoms with van der Waals surface area (Å²) in [6, 6.07) is 7.58. The van der Waals surface area contributed by atoms with Crippen LogP contribution < -0.4 is 5.32 Å². The second kappa shape index (κ2) is 5.32. The first-order valence-corrected chi connectivity index (χ1v) is 8.85. The van der Waals surface area contributed by atoms with Crippen LogP contribution in [-0.2, 0) is 4.79 Å². The monoisotopic (exact) mass is 330 g/mol. The number of anilines is 1. The second-order valence-corrected chi connectivity index (χ2v) is 7.31. The zero-order valence-electron chi connectivity index (χ0n) is 13.8. The smallest absolute Gasteiger partial charge is 0.230 e. The molecule has 2 bridgehead atoms. The lowest BCUT2D eigenvalue weighted by atomic mass is 9.88. The quantitative estimate of drug-likeness (QED) is 0.933. The minimum Gasteiger partial charge on any atom is -0.295 e. The lowest BCUT2D eigenvalue weighted by molar-refractivity contribution is -0.121. The number of fused-ring (bicyclic) bond motifs is 3. The summed E-state index contributed by atoms with van der Waals surface area (Å²) >= 11 is 0. The molecular formula is C20H18N4O. The standard InChI is InChI=1S/C20H18N4O/c21-11-13-5-7-17-18(10-13)24(15-2-1-3-15)20(22-17)23-19(25)16-9-12-4-6-14(16)8-12/h1-3,5,7,10,12,14,16H,4,6,8-9H2,(H,22,23,25)/t12-,14+,16-/m1/s1. The van der Waals surface area contributed by atoms with Crippen LogP contribution >= 0.6 is 0 Å². The van der Waals surface area contributed by atoms with Crippen LogP contribution in [0, 0.1) is 29.1 Å². The molecule has 0 radical (unpaired) electrons. The molecule has 0 unspecified atom stereocenters. The summed E-state index contributed by atoms with van der Waals surface area (Å²) in [4.78, 5) is 17.4. The van der Waals surface area contributed by atoms with Crippen molar-refractivity contribution in [2.75, 3.05) is 5.32 Å². The van der Waals surface area contributed by atoms with Crippen molar-refractivity contribution < 1.29 is 4.79 Å². The highest BCUT2D eigenvalue weighted by Crippen LogP contribution is 2.48. The molecule has 25 heavy (non-hydrogen) atoms. The topological polar surface area (TPSA) is 70.7 Å². The van der Waals surface area contributed by atoms with E-state index in [1.807, 2.05) is 34.9 Å². The minimum atomic E-state index is 0.0909. The van der Waals surface area contributed by atoms with Crippen LogP contribution in [0.1, 0.15) is 31.2 Å². The van der Waals surface area contributed by atoms with Crippen molar-refractivity contribution in [2.45, 2.75) is 25.7 Å². The molecule has 1 aromatic heterocycles. The Hall–Kier alpha value is -2.87. The number of aromatic nitrogens is 2. The predicted molar refractivity (Wildman–Crippen MR) is 95.4 cm³/mol. The van der Waals surface area contributed by atoms with Gasteiger partial charge in [-0.2, -0.15) is 5.26 Å². The number of hydrogen-bond acceptors (Lipinski definition) is 3. The van der Waals surface area contributed by atoms with Gasteiger partial charge in [0.15, 0.2) is 0 Å². The van der Waals surface area contributed by atoms with Crippen molar-refractivity contribution >= 4 is 28.6 Å². The number of carbonyl (C=O) groups is 1. The van der Waals surface area contributed by atoms with E-state index in [-0.39, 0.29) is 11.8 Å². The number of hydrogen-bond donors (Lipinski definition) is 1. The summed E-state index contributed by atoms with van der Waals surface area (Å²) in [5.74, 6) is 2.03. The van der Waals surface area contributed by atoms with E-state index in [2.05, 4.69) is 16.4 Å². The lowest BCUT2D eigenvalue weighted by Gasteiger charge is -2.21. The Kier molecular flexibility index (Phi) is 3.08. The molecule has 2 saturated carbocycles. The molecule has 5 rings (SSSR count). The third-order valence-electron chi connectivity index (χ3n) is 5.89. The maximum absolute atomic E-state index is 12.8. The molecule has 2 fully saturated rings. The van der Waals surface area contributed by atoms with Gasteiger partial charge in [0.05, 0.1) is 22.7 Å². The molecule has 0 aliphatic heterocycles. The van der Waals surface area contributed by atoms with Crippen LogP contribution in [0.25, 0.3) is 16.7 Å². The van der Waals surface area contributed by atoms with Crippen molar-refractivity contribution in [3.63, 3.8) is 0 Å². The van der Waals surface area contributed by atoms with Crippen molar-refractivity contribution in [2.24, 2.45) is 17.8 Å². The molecule has 124 valence electrons. The van der Waals surface area contributed by atoms with E-state index in [1.54, 1.807) is 6.07 Å². The molecule has 5 nitrogen and oxygen atoms in total. The fourth-order valence-electron chi connectivity index (χ4n) is 4.59. The Morgan fingerprint density at radius 1 is 1.32 bits per heavy atom. The van der Waals surface area contributed by atoms with Gasteiger partial charge in [-0.15, -0.1) is 0 Å². The van der Waals surface area contributed by atoms with Gasteiger partial charge in [-0.05, 0) is 61.4 Å². The normalized spacial score (nSPS) is 26.4. The largest absolute Gasteiger partial charge is 0.295 e. The third-order valence-corrected chi connectivity index (χ3v) is 5.89. The van der Waals surface area contributed by atoms with Crippen molar-refractivity contribution in [3.8, 4) is 6.07 Å². The number of nitrogens with one attached hydrogen (secondary N) is 1. The Morgan fingerprint density at radius 3 is 2.84 bits per heavy atom. The average molecular weight is 330 g/mol. The van der Waals surface area contributed by atoms with Crippen molar-refractivity contribution in [1.82, 2.24) is 9.55 Å². The Bertz CT molecular complexity index is 991. The Balaban J connectivity index is 1.52. The summed E-state index contributed by atoms with van der Waals surface area (Å²) in [5, 5.41) is 12.2. The van der Waals surface area contributed by atoms with Gasteiger partial charge in [-0.25, -0.2) is 4.98 Å². The summed E-state index contributed by atoms with van der Waals surface area (Å²) in [6.45, 7) is 0. The first-order chi connectivity index (χ1) is 12.2. The third kappa shape index (κ3) is 2.21. The average Bonchev–Trinajstić information content (AvgIpc) is 3.28. The van der Waals surface area contributed by atoms with E-state index in [1.165, 1.54) is 19.3 Å². The minimum absolute atomic E-state index is 0.0909. The van der Waals surface area contributed by atoms with Crippen LogP contribution in [0.3, 0.4) is 0 Å². The van der Waals surface area contributed by atoms with Gasteiger partial charge in [-0.3, -0.25) is 14.7 Å². The molecule has 0 saturated heterocycles. The fraction of sp³-hybridized carbons (Fsp3) is 0.350. The summed E-state index contributed by atoms with van der Waals surface area (Å²) in [7, 11) is 0. The number of nitriles is 1. The van der Waals surface area contributed by atoms with Crippen LogP contribution in [0.4, 0.5) is 5.95 Å². The van der Waals surface area contributed by atoms with Gasteiger partial charge >= 0.3 is 0 Å². The van der Waals surface area contributed by atoms with E-state index in [0.29, 0.717) is 17.4 Å². The molecule has 3 aliphatic rings. The van der Waals surface area contributed by atoms with Gasteiger partial charge in [0.25, 0.3) is 0 Å². The number of benzene rings is 1. The fourth-order valence-corrected chi connectivity index (χ4v) is 4.59. The van der Waals surface area contributed by atoms with Gasteiger partial charge in [0.2, 0.25) is 11.9 Å². The molecule has 1 N–H and O–H groups in total. The van der Waals surface area contributed by atoms with Gasteiger partial charge < -0.3 is 0 Å². The van der Waals surface area contributed by atoms with E-state index in [0.717, 1.165) is 29.1 Å². The molecule has 1 aromatic carbocycles. The molecule has 1 amide bonds. The highest BCUT2D eigenvalue weighted by Gasteiger charge is 2.43. The Labute approximate surface area is 145 Å². The highest BCUT2D eigenvalue weighted by atomic mass is 16.2. The van der Waals surface area contributed by atoms with E-state index in [9.17, 15) is 10.1 Å². The maximum atomic E-state index is 12.8. The van der Waals surface area contributed by atoms with Crippen LogP contribution in [0.15, 0.2) is 36.4 Å². The second-order valence-electron chi connectivity index (χ2n) is 7.31. The number of imidazole rings is 1. The van der Waals surface area contributed by atoms with Gasteiger partial charge in [-0.1, -0.05) is 12.5 Å². The molecule has 1 heterocycles. The first kappa shape index (κ1) is 14.5. The van der Waals surface area contributed by atoms with Gasteiger partial charge in [0.1, 0.15) is 0 Å². The molecule has 5 heteroatoms. The molecular weight excluding hydrogens is 312 g/mol. The van der Waals surface area contributed by atoms with E-state index >= 15 is 0 Å². The zero-order chi connectivity index (χ0) is 17.0. The molecule has 3 atom stereocenters. The number of nitrogens with zero attached hydrogens (tertiary/aromatic N) is 3. The molecule has 3 aliphatic carbocycles. The number of allylic oxidation sites excluding steroid dienone is 4. The molecule has 0 spiro atoms. The first-order valence-electron chi connectivity index (χ1n) is 8.85. The molecule has 2 aromatic rings. The zero-order valence-corrected chi connectivity index (χ0v) is 13.8. The number of rotatable bonds is 3. The maximum Gasteiger partial charge on any atom is 0.230 e.